The SMILES string of the molecule is COC(=O)/C=C/c1ccnc(Cl)c1CCN(C(=O)OC(C)(C)C)C(=O)OC(C)(C)C. The van der Waals surface area contributed by atoms with Gasteiger partial charge in [0.05, 0.1) is 7.11 Å². The summed E-state index contributed by atoms with van der Waals surface area (Å²) >= 11 is 6.22. The minimum absolute atomic E-state index is 0.0612. The molecule has 0 saturated carbocycles. The molecule has 8 nitrogen and oxygen atoms in total. The number of hydrogen-bond acceptors (Lipinski definition) is 7. The first-order chi connectivity index (χ1) is 13.7. The van der Waals surface area contributed by atoms with Gasteiger partial charge in [-0.15, -0.1) is 0 Å². The monoisotopic (exact) mass is 440 g/mol. The first kappa shape index (κ1) is 25.4. The summed E-state index contributed by atoms with van der Waals surface area (Å²) in [6, 6.07) is 1.66. The molecule has 0 spiro atoms. The van der Waals surface area contributed by atoms with Crippen molar-refractivity contribution in [2.45, 2.75) is 59.2 Å². The molecule has 0 aliphatic heterocycles. The van der Waals surface area contributed by atoms with Crippen molar-refractivity contribution < 1.29 is 28.6 Å². The lowest BCUT2D eigenvalue weighted by Crippen LogP contribution is -2.44. The number of pyridine rings is 1. The molecule has 0 aliphatic rings. The highest BCUT2D eigenvalue weighted by molar-refractivity contribution is 6.30. The van der Waals surface area contributed by atoms with Crippen LogP contribution in [0.25, 0.3) is 6.08 Å². The number of halogens is 1. The lowest BCUT2D eigenvalue weighted by atomic mass is 10.1. The standard InChI is InChI=1S/C21H29ClN2O6/c1-20(2,3)29-18(26)24(19(27)30-21(4,5)6)13-11-15-14(8-9-16(25)28-7)10-12-23-17(15)22/h8-10,12H,11,13H2,1-7H3/b9-8+. The quantitative estimate of drug-likeness (QED) is 0.285. The summed E-state index contributed by atoms with van der Waals surface area (Å²) in [5.41, 5.74) is -0.430. The first-order valence-electron chi connectivity index (χ1n) is 9.36. The molecule has 0 aliphatic carbocycles. The smallest absolute Gasteiger partial charge is 0.419 e. The van der Waals surface area contributed by atoms with Gasteiger partial charge in [0, 0.05) is 18.8 Å². The van der Waals surface area contributed by atoms with Gasteiger partial charge in [0.25, 0.3) is 0 Å². The zero-order valence-corrected chi connectivity index (χ0v) is 19.2. The number of amides is 2. The molecule has 1 rings (SSSR count). The Morgan fingerprint density at radius 2 is 1.60 bits per heavy atom. The minimum atomic E-state index is -0.830. The largest absolute Gasteiger partial charge is 0.466 e. The number of imide groups is 1. The third kappa shape index (κ3) is 8.82. The lowest BCUT2D eigenvalue weighted by Gasteiger charge is -2.28. The molecule has 30 heavy (non-hydrogen) atoms. The van der Waals surface area contributed by atoms with E-state index in [0.29, 0.717) is 11.1 Å². The Bertz CT molecular complexity index is 781. The van der Waals surface area contributed by atoms with Crippen molar-refractivity contribution in [3.63, 3.8) is 0 Å². The van der Waals surface area contributed by atoms with Crippen LogP contribution in [0.5, 0.6) is 0 Å². The molecule has 0 unspecified atom stereocenters. The average Bonchev–Trinajstić information content (AvgIpc) is 2.58. The van der Waals surface area contributed by atoms with Crippen LogP contribution < -0.4 is 0 Å². The van der Waals surface area contributed by atoms with E-state index in [2.05, 4.69) is 9.72 Å². The predicted molar refractivity (Wildman–Crippen MR) is 113 cm³/mol. The fourth-order valence-electron chi connectivity index (χ4n) is 2.22. The number of aromatic nitrogens is 1. The van der Waals surface area contributed by atoms with E-state index in [1.807, 2.05) is 0 Å². The highest BCUT2D eigenvalue weighted by Crippen LogP contribution is 2.21. The van der Waals surface area contributed by atoms with E-state index < -0.39 is 29.4 Å². The van der Waals surface area contributed by atoms with Gasteiger partial charge in [-0.2, -0.15) is 0 Å². The van der Waals surface area contributed by atoms with Crippen molar-refractivity contribution in [1.82, 2.24) is 9.88 Å². The summed E-state index contributed by atoms with van der Waals surface area (Å²) in [5, 5.41) is 0.190. The van der Waals surface area contributed by atoms with Crippen molar-refractivity contribution in [2.24, 2.45) is 0 Å². The molecule has 9 heteroatoms. The molecular formula is C21H29ClN2O6. The van der Waals surface area contributed by atoms with Crippen molar-refractivity contribution in [2.75, 3.05) is 13.7 Å². The molecule has 0 radical (unpaired) electrons. The summed E-state index contributed by atoms with van der Waals surface area (Å²) in [6.45, 7) is 10.1. The molecular weight excluding hydrogens is 412 g/mol. The van der Waals surface area contributed by atoms with Crippen LogP contribution in [-0.4, -0.2) is 52.9 Å². The van der Waals surface area contributed by atoms with Crippen molar-refractivity contribution in [1.29, 1.82) is 0 Å². The number of carbonyl (C=O) groups excluding carboxylic acids is 3. The van der Waals surface area contributed by atoms with E-state index in [0.717, 1.165) is 4.90 Å². The van der Waals surface area contributed by atoms with Crippen LogP contribution in [0.4, 0.5) is 9.59 Å². The fourth-order valence-corrected chi connectivity index (χ4v) is 2.48. The Morgan fingerprint density at radius 1 is 1.07 bits per heavy atom. The average molecular weight is 441 g/mol. The Morgan fingerprint density at radius 3 is 2.07 bits per heavy atom. The number of carbonyl (C=O) groups is 3. The van der Waals surface area contributed by atoms with Crippen LogP contribution in [0.2, 0.25) is 5.15 Å². The Labute approximate surface area is 182 Å². The van der Waals surface area contributed by atoms with Crippen molar-refractivity contribution in [3.05, 3.63) is 34.6 Å². The second-order valence-corrected chi connectivity index (χ2v) is 8.75. The van der Waals surface area contributed by atoms with Crippen LogP contribution in [0.1, 0.15) is 52.7 Å². The highest BCUT2D eigenvalue weighted by atomic mass is 35.5. The minimum Gasteiger partial charge on any atom is -0.466 e. The van der Waals surface area contributed by atoms with Crippen molar-refractivity contribution in [3.8, 4) is 0 Å². The van der Waals surface area contributed by atoms with Gasteiger partial charge < -0.3 is 14.2 Å². The first-order valence-corrected chi connectivity index (χ1v) is 9.74. The number of esters is 1. The number of ether oxygens (including phenoxy) is 3. The van der Waals surface area contributed by atoms with Crippen LogP contribution in [0.3, 0.4) is 0 Å². The Balaban J connectivity index is 3.14. The summed E-state index contributed by atoms with van der Waals surface area (Å²) in [6.07, 6.45) is 2.77. The van der Waals surface area contributed by atoms with E-state index in [4.69, 9.17) is 21.1 Å². The summed E-state index contributed by atoms with van der Waals surface area (Å²) in [7, 11) is 1.27. The number of nitrogens with zero attached hydrogens (tertiary/aromatic N) is 2. The number of methoxy groups -OCH3 is 1. The molecule has 166 valence electrons. The molecule has 0 fully saturated rings. The zero-order valence-electron chi connectivity index (χ0n) is 18.4. The molecule has 0 aromatic carbocycles. The molecule has 0 N–H and O–H groups in total. The maximum absolute atomic E-state index is 12.6. The fraction of sp³-hybridized carbons (Fsp3) is 0.524. The molecule has 0 saturated heterocycles. The summed E-state index contributed by atoms with van der Waals surface area (Å²) in [5.74, 6) is -0.530. The lowest BCUT2D eigenvalue weighted by molar-refractivity contribution is -0.134. The van der Waals surface area contributed by atoms with Gasteiger partial charge >= 0.3 is 18.2 Å². The van der Waals surface area contributed by atoms with E-state index in [-0.39, 0.29) is 18.1 Å². The van der Waals surface area contributed by atoms with E-state index in [1.54, 1.807) is 47.6 Å². The maximum atomic E-state index is 12.6. The maximum Gasteiger partial charge on any atom is 0.419 e. The van der Waals surface area contributed by atoms with Crippen LogP contribution in [-0.2, 0) is 25.4 Å². The van der Waals surface area contributed by atoms with Gasteiger partial charge in [0.2, 0.25) is 0 Å². The van der Waals surface area contributed by atoms with E-state index in [9.17, 15) is 14.4 Å². The molecule has 1 heterocycles. The molecule has 1 aromatic rings. The molecule has 0 atom stereocenters. The zero-order chi connectivity index (χ0) is 23.1. The normalized spacial score (nSPS) is 11.9. The second-order valence-electron chi connectivity index (χ2n) is 8.39. The second kappa shape index (κ2) is 10.4. The van der Waals surface area contributed by atoms with E-state index >= 15 is 0 Å². The van der Waals surface area contributed by atoms with Crippen LogP contribution >= 0.6 is 11.6 Å². The third-order valence-corrected chi connectivity index (χ3v) is 3.78. The molecule has 2 amide bonds. The van der Waals surface area contributed by atoms with Crippen LogP contribution in [0, 0.1) is 0 Å². The summed E-state index contributed by atoms with van der Waals surface area (Å²) in [4.78, 5) is 41.5. The van der Waals surface area contributed by atoms with Gasteiger partial charge in [-0.3, -0.25) is 0 Å². The predicted octanol–water partition coefficient (Wildman–Crippen LogP) is 4.64. The van der Waals surface area contributed by atoms with Crippen LogP contribution in [0.15, 0.2) is 18.3 Å². The van der Waals surface area contributed by atoms with Gasteiger partial charge in [0.1, 0.15) is 16.4 Å². The third-order valence-electron chi connectivity index (χ3n) is 3.45. The topological polar surface area (TPSA) is 95.0 Å². The van der Waals surface area contributed by atoms with Gasteiger partial charge in [-0.25, -0.2) is 24.3 Å². The molecule has 0 bridgehead atoms. The summed E-state index contributed by atoms with van der Waals surface area (Å²) < 4.78 is 15.3. The molecule has 1 aromatic heterocycles. The van der Waals surface area contributed by atoms with E-state index in [1.165, 1.54) is 25.5 Å². The number of hydrogen-bond donors (Lipinski definition) is 0. The Kier molecular flexibility index (Phi) is 8.84. The van der Waals surface area contributed by atoms with Crippen molar-refractivity contribution >= 4 is 35.8 Å². The Hall–Kier alpha value is -2.61. The number of rotatable bonds is 5. The van der Waals surface area contributed by atoms with Gasteiger partial charge in [-0.1, -0.05) is 11.6 Å². The highest BCUT2D eigenvalue weighted by Gasteiger charge is 2.31. The van der Waals surface area contributed by atoms with Gasteiger partial charge in [-0.05, 0) is 71.2 Å². The van der Waals surface area contributed by atoms with Gasteiger partial charge in [0.15, 0.2) is 0 Å².